The zero-order chi connectivity index (χ0) is 16.8. The molecule has 0 unspecified atom stereocenters. The minimum Gasteiger partial charge on any atom is -0.493 e. The Bertz CT molecular complexity index is 749. The number of hydrogen-bond acceptors (Lipinski definition) is 6. The van der Waals surface area contributed by atoms with Crippen molar-refractivity contribution in [3.63, 3.8) is 0 Å². The summed E-state index contributed by atoms with van der Waals surface area (Å²) in [5.74, 6) is 0.926. The maximum Gasteiger partial charge on any atom is 0.271 e. The van der Waals surface area contributed by atoms with E-state index in [1.165, 1.54) is 32.6 Å². The van der Waals surface area contributed by atoms with Crippen molar-refractivity contribution in [1.29, 1.82) is 0 Å². The van der Waals surface area contributed by atoms with Gasteiger partial charge in [0, 0.05) is 12.1 Å². The van der Waals surface area contributed by atoms with Crippen molar-refractivity contribution >= 4 is 29.2 Å². The van der Waals surface area contributed by atoms with Crippen LogP contribution < -0.4 is 14.9 Å². The summed E-state index contributed by atoms with van der Waals surface area (Å²) in [6.45, 7) is 0. The van der Waals surface area contributed by atoms with E-state index < -0.39 is 4.92 Å². The number of nitro groups is 1. The van der Waals surface area contributed by atoms with Crippen LogP contribution in [0.4, 0.5) is 11.4 Å². The minimum absolute atomic E-state index is 0.0145. The van der Waals surface area contributed by atoms with Crippen LogP contribution in [0.3, 0.4) is 0 Å². The number of rotatable bonds is 6. The van der Waals surface area contributed by atoms with E-state index in [4.69, 9.17) is 21.1 Å². The van der Waals surface area contributed by atoms with E-state index in [2.05, 4.69) is 10.5 Å². The summed E-state index contributed by atoms with van der Waals surface area (Å²) in [6.07, 6.45) is 1.52. The molecule has 0 bridgehead atoms. The molecule has 0 saturated heterocycles. The molecule has 0 fully saturated rings. The van der Waals surface area contributed by atoms with Gasteiger partial charge in [-0.05, 0) is 23.8 Å². The van der Waals surface area contributed by atoms with E-state index in [0.29, 0.717) is 27.8 Å². The van der Waals surface area contributed by atoms with Gasteiger partial charge in [0.2, 0.25) is 0 Å². The molecule has 0 radical (unpaired) electrons. The monoisotopic (exact) mass is 335 g/mol. The van der Waals surface area contributed by atoms with Gasteiger partial charge in [-0.3, -0.25) is 15.5 Å². The molecule has 2 aromatic rings. The summed E-state index contributed by atoms with van der Waals surface area (Å²) < 4.78 is 10.3. The van der Waals surface area contributed by atoms with Crippen LogP contribution in [0.5, 0.6) is 11.5 Å². The van der Waals surface area contributed by atoms with Gasteiger partial charge in [0.25, 0.3) is 5.69 Å². The van der Waals surface area contributed by atoms with Crippen LogP contribution in [-0.2, 0) is 0 Å². The molecule has 0 spiro atoms. The largest absolute Gasteiger partial charge is 0.493 e. The zero-order valence-electron chi connectivity index (χ0n) is 12.4. The van der Waals surface area contributed by atoms with E-state index >= 15 is 0 Å². The first-order valence-corrected chi connectivity index (χ1v) is 6.88. The average molecular weight is 336 g/mol. The Hall–Kier alpha value is -2.80. The second-order valence-corrected chi connectivity index (χ2v) is 4.82. The topological polar surface area (TPSA) is 86.0 Å². The third-order valence-electron chi connectivity index (χ3n) is 2.92. The lowest BCUT2D eigenvalue weighted by Crippen LogP contribution is -1.95. The number of nitro benzene ring substituents is 1. The molecule has 23 heavy (non-hydrogen) atoms. The molecule has 0 aliphatic rings. The lowest BCUT2D eigenvalue weighted by molar-refractivity contribution is -0.384. The lowest BCUT2D eigenvalue weighted by atomic mass is 10.2. The summed E-state index contributed by atoms with van der Waals surface area (Å²) in [5.41, 5.74) is 3.90. The summed E-state index contributed by atoms with van der Waals surface area (Å²) in [6, 6.07) is 9.42. The molecule has 8 heteroatoms. The van der Waals surface area contributed by atoms with E-state index in [1.54, 1.807) is 24.3 Å². The first-order valence-electron chi connectivity index (χ1n) is 6.50. The van der Waals surface area contributed by atoms with Crippen molar-refractivity contribution in [2.24, 2.45) is 5.10 Å². The highest BCUT2D eigenvalue weighted by Crippen LogP contribution is 2.35. The van der Waals surface area contributed by atoms with E-state index in [1.807, 2.05) is 0 Å². The number of non-ortho nitro benzene ring substituents is 1. The highest BCUT2D eigenvalue weighted by atomic mass is 35.5. The van der Waals surface area contributed by atoms with Crippen LogP contribution >= 0.6 is 11.6 Å². The van der Waals surface area contributed by atoms with Gasteiger partial charge >= 0.3 is 0 Å². The smallest absolute Gasteiger partial charge is 0.271 e. The normalized spacial score (nSPS) is 10.6. The number of ether oxygens (including phenoxy) is 2. The molecule has 0 aromatic heterocycles. The van der Waals surface area contributed by atoms with Crippen molar-refractivity contribution in [2.75, 3.05) is 19.6 Å². The fourth-order valence-corrected chi connectivity index (χ4v) is 2.18. The Labute approximate surface area is 137 Å². The van der Waals surface area contributed by atoms with E-state index in [-0.39, 0.29) is 5.69 Å². The maximum atomic E-state index is 10.7. The summed E-state index contributed by atoms with van der Waals surface area (Å²) >= 11 is 6.10. The molecule has 7 nitrogen and oxygen atoms in total. The molecule has 0 saturated carbocycles. The van der Waals surface area contributed by atoms with E-state index in [0.717, 1.165) is 0 Å². The van der Waals surface area contributed by atoms with Gasteiger partial charge in [0.05, 0.1) is 36.1 Å². The molecule has 1 N–H and O–H groups in total. The summed E-state index contributed by atoms with van der Waals surface area (Å²) in [4.78, 5) is 10.2. The number of benzene rings is 2. The molecular formula is C15H14ClN3O4. The van der Waals surface area contributed by atoms with Crippen molar-refractivity contribution < 1.29 is 14.4 Å². The first kappa shape index (κ1) is 16.6. The molecule has 120 valence electrons. The van der Waals surface area contributed by atoms with Crippen LogP contribution in [0.25, 0.3) is 0 Å². The lowest BCUT2D eigenvalue weighted by Gasteiger charge is -2.09. The molecule has 0 atom stereocenters. The third-order valence-corrected chi connectivity index (χ3v) is 3.20. The van der Waals surface area contributed by atoms with Crippen LogP contribution in [0.1, 0.15) is 5.56 Å². The standard InChI is InChI=1S/C15H14ClN3O4/c1-22-14-7-10(6-13(16)15(14)23-2)9-17-18-11-4-3-5-12(8-11)19(20)21/h3-9,18H,1-2H3/b17-9-. The molecule has 2 aromatic carbocycles. The third kappa shape index (κ3) is 4.10. The Balaban J connectivity index is 2.16. The maximum absolute atomic E-state index is 10.7. The second-order valence-electron chi connectivity index (χ2n) is 4.42. The Morgan fingerprint density at radius 3 is 2.70 bits per heavy atom. The van der Waals surface area contributed by atoms with Gasteiger partial charge in [-0.2, -0.15) is 5.10 Å². The predicted octanol–water partition coefficient (Wildman–Crippen LogP) is 3.71. The second kappa shape index (κ2) is 7.46. The van der Waals surface area contributed by atoms with Crippen LogP contribution in [0.2, 0.25) is 5.02 Å². The number of methoxy groups -OCH3 is 2. The number of hydrogen-bond donors (Lipinski definition) is 1. The van der Waals surface area contributed by atoms with Crippen LogP contribution in [-0.4, -0.2) is 25.4 Å². The van der Waals surface area contributed by atoms with Crippen molar-refractivity contribution in [3.8, 4) is 11.5 Å². The minimum atomic E-state index is -0.469. The highest BCUT2D eigenvalue weighted by Gasteiger charge is 2.10. The number of hydrazone groups is 1. The van der Waals surface area contributed by atoms with Gasteiger partial charge < -0.3 is 9.47 Å². The molecular weight excluding hydrogens is 322 g/mol. The molecule has 0 aliphatic heterocycles. The molecule has 0 aliphatic carbocycles. The zero-order valence-corrected chi connectivity index (χ0v) is 13.2. The number of nitrogens with one attached hydrogen (secondary N) is 1. The Morgan fingerprint density at radius 1 is 1.26 bits per heavy atom. The number of nitrogens with zero attached hydrogens (tertiary/aromatic N) is 2. The number of anilines is 1. The fourth-order valence-electron chi connectivity index (χ4n) is 1.88. The predicted molar refractivity (Wildman–Crippen MR) is 88.9 cm³/mol. The quantitative estimate of drug-likeness (QED) is 0.494. The average Bonchev–Trinajstić information content (AvgIpc) is 2.54. The molecule has 0 heterocycles. The summed E-state index contributed by atoms with van der Waals surface area (Å²) in [5, 5.41) is 15.1. The van der Waals surface area contributed by atoms with Crippen molar-refractivity contribution in [1.82, 2.24) is 0 Å². The fraction of sp³-hybridized carbons (Fsp3) is 0.133. The van der Waals surface area contributed by atoms with Gasteiger partial charge in [-0.1, -0.05) is 17.7 Å². The van der Waals surface area contributed by atoms with Crippen LogP contribution in [0.15, 0.2) is 41.5 Å². The highest BCUT2D eigenvalue weighted by molar-refractivity contribution is 6.32. The first-order chi connectivity index (χ1) is 11.0. The SMILES string of the molecule is COc1cc(/C=N\Nc2cccc([N+](=O)[O-])c2)cc(Cl)c1OC. The van der Waals surface area contributed by atoms with Crippen LogP contribution in [0, 0.1) is 10.1 Å². The Kier molecular flexibility index (Phi) is 5.37. The van der Waals surface area contributed by atoms with Gasteiger partial charge in [-0.25, -0.2) is 0 Å². The van der Waals surface area contributed by atoms with Crippen molar-refractivity contribution in [2.45, 2.75) is 0 Å². The molecule has 0 amide bonds. The number of halogens is 1. The molecule has 2 rings (SSSR count). The van der Waals surface area contributed by atoms with E-state index in [9.17, 15) is 10.1 Å². The van der Waals surface area contributed by atoms with Gasteiger partial charge in [-0.15, -0.1) is 0 Å². The van der Waals surface area contributed by atoms with Gasteiger partial charge in [0.15, 0.2) is 11.5 Å². The summed E-state index contributed by atoms with van der Waals surface area (Å²) in [7, 11) is 3.01. The Morgan fingerprint density at radius 2 is 2.04 bits per heavy atom. The van der Waals surface area contributed by atoms with Crippen molar-refractivity contribution in [3.05, 3.63) is 57.1 Å². The van der Waals surface area contributed by atoms with Gasteiger partial charge in [0.1, 0.15) is 0 Å².